The highest BCUT2D eigenvalue weighted by Crippen LogP contribution is 2.19. The van der Waals surface area contributed by atoms with E-state index >= 15 is 0 Å². The van der Waals surface area contributed by atoms with Gasteiger partial charge in [0.1, 0.15) is 11.6 Å². The summed E-state index contributed by atoms with van der Waals surface area (Å²) in [6, 6.07) is 7.53. The molecule has 1 atom stereocenters. The number of nitrogens with zero attached hydrogens (tertiary/aromatic N) is 1. The Bertz CT molecular complexity index is 626. The van der Waals surface area contributed by atoms with Gasteiger partial charge in [-0.1, -0.05) is 13.0 Å². The topological polar surface area (TPSA) is 36.4 Å². The third-order valence-corrected chi connectivity index (χ3v) is 4.39. The van der Waals surface area contributed by atoms with Crippen LogP contribution in [0.15, 0.2) is 40.7 Å². The van der Waals surface area contributed by atoms with Crippen molar-refractivity contribution in [2.45, 2.75) is 19.4 Å². The van der Waals surface area contributed by atoms with Crippen molar-refractivity contribution in [3.8, 4) is 0 Å². The molecular weight excluding hydrogens is 304 g/mol. The second kappa shape index (κ2) is 7.89. The van der Waals surface area contributed by atoms with Crippen LogP contribution in [0, 0.1) is 11.6 Å². The van der Waals surface area contributed by atoms with Crippen molar-refractivity contribution in [3.63, 3.8) is 0 Å². The number of guanidine groups is 1. The molecule has 1 unspecified atom stereocenters. The third kappa shape index (κ3) is 4.53. The van der Waals surface area contributed by atoms with E-state index < -0.39 is 11.6 Å². The van der Waals surface area contributed by atoms with Gasteiger partial charge in [0.15, 0.2) is 5.96 Å². The zero-order valence-corrected chi connectivity index (χ0v) is 13.4. The number of thiophene rings is 1. The van der Waals surface area contributed by atoms with Gasteiger partial charge in [0, 0.05) is 36.5 Å². The van der Waals surface area contributed by atoms with E-state index in [-0.39, 0.29) is 12.1 Å². The first-order chi connectivity index (χ1) is 10.6. The molecular formula is C16H19F2N3S. The monoisotopic (exact) mass is 323 g/mol. The molecule has 0 aliphatic rings. The Morgan fingerprint density at radius 2 is 2.09 bits per heavy atom. The number of hydrogen-bond donors (Lipinski definition) is 2. The van der Waals surface area contributed by atoms with Gasteiger partial charge in [0.25, 0.3) is 0 Å². The number of aliphatic imine (C=N–C) groups is 1. The van der Waals surface area contributed by atoms with Crippen LogP contribution < -0.4 is 10.6 Å². The molecule has 2 aromatic rings. The number of rotatable bonds is 5. The van der Waals surface area contributed by atoms with E-state index in [1.165, 1.54) is 10.9 Å². The number of nitrogens with one attached hydrogen (secondary N) is 2. The Balaban J connectivity index is 1.86. The summed E-state index contributed by atoms with van der Waals surface area (Å²) in [6.45, 7) is 3.01. The van der Waals surface area contributed by atoms with Crippen LogP contribution in [0.5, 0.6) is 0 Å². The van der Waals surface area contributed by atoms with Gasteiger partial charge < -0.3 is 10.6 Å². The molecule has 3 nitrogen and oxygen atoms in total. The highest BCUT2D eigenvalue weighted by Gasteiger charge is 2.08. The molecule has 1 heterocycles. The quantitative estimate of drug-likeness (QED) is 0.653. The summed E-state index contributed by atoms with van der Waals surface area (Å²) in [7, 11) is 1.65. The van der Waals surface area contributed by atoms with Crippen molar-refractivity contribution < 1.29 is 8.78 Å². The molecule has 0 aliphatic carbocycles. The zero-order chi connectivity index (χ0) is 15.9. The minimum Gasteiger partial charge on any atom is -0.356 e. The first-order valence-corrected chi connectivity index (χ1v) is 7.90. The van der Waals surface area contributed by atoms with Crippen molar-refractivity contribution >= 4 is 17.3 Å². The molecule has 0 radical (unpaired) electrons. The Hall–Kier alpha value is -1.95. The van der Waals surface area contributed by atoms with E-state index in [0.29, 0.717) is 18.4 Å². The smallest absolute Gasteiger partial charge is 0.191 e. The normalized spacial score (nSPS) is 13.0. The lowest BCUT2D eigenvalue weighted by molar-refractivity contribution is 0.580. The SMILES string of the molecule is CN=C(NCc1cc(F)ccc1F)NCC(C)c1cccs1. The van der Waals surface area contributed by atoms with Crippen molar-refractivity contribution in [2.75, 3.05) is 13.6 Å². The molecule has 0 fully saturated rings. The summed E-state index contributed by atoms with van der Waals surface area (Å²) in [5.74, 6) is 0.0280. The summed E-state index contributed by atoms with van der Waals surface area (Å²) in [6.07, 6.45) is 0. The fraction of sp³-hybridized carbons (Fsp3) is 0.312. The second-order valence-corrected chi connectivity index (χ2v) is 5.94. The molecule has 1 aromatic carbocycles. The van der Waals surface area contributed by atoms with Gasteiger partial charge in [-0.2, -0.15) is 0 Å². The maximum atomic E-state index is 13.6. The summed E-state index contributed by atoms with van der Waals surface area (Å²) < 4.78 is 26.7. The molecule has 1 aromatic heterocycles. The molecule has 2 N–H and O–H groups in total. The molecule has 0 saturated heterocycles. The van der Waals surface area contributed by atoms with Gasteiger partial charge in [0.2, 0.25) is 0 Å². The molecule has 0 bridgehead atoms. The van der Waals surface area contributed by atoms with Crippen LogP contribution in [-0.4, -0.2) is 19.6 Å². The molecule has 6 heteroatoms. The minimum absolute atomic E-state index is 0.177. The van der Waals surface area contributed by atoms with Crippen LogP contribution in [0.25, 0.3) is 0 Å². The zero-order valence-electron chi connectivity index (χ0n) is 12.6. The Morgan fingerprint density at radius 1 is 1.27 bits per heavy atom. The Kier molecular flexibility index (Phi) is 5.89. The van der Waals surface area contributed by atoms with Crippen molar-refractivity contribution in [2.24, 2.45) is 4.99 Å². The molecule has 0 aliphatic heterocycles. The molecule has 118 valence electrons. The van der Waals surface area contributed by atoms with Gasteiger partial charge >= 0.3 is 0 Å². The maximum Gasteiger partial charge on any atom is 0.191 e. The predicted molar refractivity (Wildman–Crippen MR) is 87.3 cm³/mol. The fourth-order valence-electron chi connectivity index (χ4n) is 2.00. The van der Waals surface area contributed by atoms with Crippen LogP contribution >= 0.6 is 11.3 Å². The average molecular weight is 323 g/mol. The van der Waals surface area contributed by atoms with Gasteiger partial charge in [-0.25, -0.2) is 8.78 Å². The van der Waals surface area contributed by atoms with Gasteiger partial charge in [0.05, 0.1) is 0 Å². The third-order valence-electron chi connectivity index (χ3n) is 3.28. The molecule has 0 saturated carbocycles. The lowest BCUT2D eigenvalue weighted by Gasteiger charge is -2.15. The van der Waals surface area contributed by atoms with Crippen LogP contribution in [0.1, 0.15) is 23.3 Å². The number of benzene rings is 1. The minimum atomic E-state index is -0.451. The summed E-state index contributed by atoms with van der Waals surface area (Å²) in [4.78, 5) is 5.38. The van der Waals surface area contributed by atoms with E-state index in [1.54, 1.807) is 18.4 Å². The molecule has 0 amide bonds. The molecule has 0 spiro atoms. The molecule has 22 heavy (non-hydrogen) atoms. The predicted octanol–water partition coefficient (Wildman–Crippen LogP) is 3.50. The highest BCUT2D eigenvalue weighted by atomic mass is 32.1. The Labute approximate surface area is 133 Å². The average Bonchev–Trinajstić information content (AvgIpc) is 3.05. The van der Waals surface area contributed by atoms with Crippen molar-refractivity contribution in [1.29, 1.82) is 0 Å². The lowest BCUT2D eigenvalue weighted by atomic mass is 10.1. The second-order valence-electron chi connectivity index (χ2n) is 4.96. The van der Waals surface area contributed by atoms with Crippen molar-refractivity contribution in [1.82, 2.24) is 10.6 Å². The van der Waals surface area contributed by atoms with E-state index in [9.17, 15) is 8.78 Å². The van der Waals surface area contributed by atoms with Crippen LogP contribution in [-0.2, 0) is 6.54 Å². The lowest BCUT2D eigenvalue weighted by Crippen LogP contribution is -2.38. The Morgan fingerprint density at radius 3 is 2.77 bits per heavy atom. The summed E-state index contributed by atoms with van der Waals surface area (Å²) in [5.41, 5.74) is 0.272. The summed E-state index contributed by atoms with van der Waals surface area (Å²) in [5, 5.41) is 8.23. The highest BCUT2D eigenvalue weighted by molar-refractivity contribution is 7.10. The van der Waals surface area contributed by atoms with E-state index in [4.69, 9.17) is 0 Å². The van der Waals surface area contributed by atoms with Crippen LogP contribution in [0.3, 0.4) is 0 Å². The largest absolute Gasteiger partial charge is 0.356 e. The van der Waals surface area contributed by atoms with E-state index in [2.05, 4.69) is 28.6 Å². The van der Waals surface area contributed by atoms with Crippen LogP contribution in [0.4, 0.5) is 8.78 Å². The van der Waals surface area contributed by atoms with Gasteiger partial charge in [-0.15, -0.1) is 11.3 Å². The van der Waals surface area contributed by atoms with Crippen LogP contribution in [0.2, 0.25) is 0 Å². The fourth-order valence-corrected chi connectivity index (χ4v) is 2.79. The maximum absolute atomic E-state index is 13.6. The first-order valence-electron chi connectivity index (χ1n) is 7.02. The number of halogens is 2. The standard InChI is InChI=1S/C16H19F2N3S/c1-11(15-4-3-7-22-15)9-20-16(19-2)21-10-12-8-13(17)5-6-14(12)18/h3-8,11H,9-10H2,1-2H3,(H2,19,20,21). The van der Waals surface area contributed by atoms with E-state index in [0.717, 1.165) is 12.1 Å². The summed E-state index contributed by atoms with van der Waals surface area (Å²) >= 11 is 1.71. The first kappa shape index (κ1) is 16.4. The molecule has 2 rings (SSSR count). The van der Waals surface area contributed by atoms with E-state index in [1.807, 2.05) is 11.4 Å². The van der Waals surface area contributed by atoms with Gasteiger partial charge in [-0.3, -0.25) is 4.99 Å². The number of hydrogen-bond acceptors (Lipinski definition) is 2. The van der Waals surface area contributed by atoms with Gasteiger partial charge in [-0.05, 0) is 29.6 Å². The van der Waals surface area contributed by atoms with Crippen molar-refractivity contribution in [3.05, 3.63) is 57.8 Å².